The van der Waals surface area contributed by atoms with Gasteiger partial charge in [0.2, 0.25) is 0 Å². The molecule has 70 valence electrons. The predicted octanol–water partition coefficient (Wildman–Crippen LogP) is 3.32. The standard InChI is InChI=1S/C12H16O/c1-10-6-5-9-12(13-10)11-7-3-2-4-8-11/h2-4,7-8,10,12H,5-6,9H2,1H3/t10-,12+/m0/s1. The molecule has 1 aliphatic heterocycles. The number of ether oxygens (including phenoxy) is 1. The van der Waals surface area contributed by atoms with Gasteiger partial charge in [0.1, 0.15) is 0 Å². The highest BCUT2D eigenvalue weighted by atomic mass is 16.5. The lowest BCUT2D eigenvalue weighted by Gasteiger charge is -2.28. The number of hydrogen-bond donors (Lipinski definition) is 0. The van der Waals surface area contributed by atoms with Crippen molar-refractivity contribution in [1.82, 2.24) is 0 Å². The van der Waals surface area contributed by atoms with E-state index in [1.165, 1.54) is 24.8 Å². The Morgan fingerprint density at radius 3 is 2.62 bits per heavy atom. The van der Waals surface area contributed by atoms with Gasteiger partial charge in [-0.05, 0) is 31.7 Å². The minimum Gasteiger partial charge on any atom is -0.371 e. The van der Waals surface area contributed by atoms with E-state index in [0.717, 1.165) is 0 Å². The molecule has 13 heavy (non-hydrogen) atoms. The molecule has 2 atom stereocenters. The van der Waals surface area contributed by atoms with E-state index < -0.39 is 0 Å². The first kappa shape index (κ1) is 8.76. The lowest BCUT2D eigenvalue weighted by atomic mass is 9.99. The molecule has 0 aromatic heterocycles. The third kappa shape index (κ3) is 2.10. The molecule has 1 heteroatoms. The summed E-state index contributed by atoms with van der Waals surface area (Å²) in [6, 6.07) is 10.5. The monoisotopic (exact) mass is 176 g/mol. The van der Waals surface area contributed by atoms with Crippen LogP contribution in [0.1, 0.15) is 37.9 Å². The second-order valence-electron chi connectivity index (χ2n) is 3.78. The van der Waals surface area contributed by atoms with Gasteiger partial charge in [-0.25, -0.2) is 0 Å². The summed E-state index contributed by atoms with van der Waals surface area (Å²) in [7, 11) is 0. The van der Waals surface area contributed by atoms with Crippen molar-refractivity contribution in [2.24, 2.45) is 0 Å². The van der Waals surface area contributed by atoms with Gasteiger partial charge in [-0.3, -0.25) is 0 Å². The van der Waals surface area contributed by atoms with Crippen LogP contribution in [0.3, 0.4) is 0 Å². The van der Waals surface area contributed by atoms with E-state index in [-0.39, 0.29) is 0 Å². The van der Waals surface area contributed by atoms with E-state index in [2.05, 4.69) is 37.3 Å². The smallest absolute Gasteiger partial charge is 0.0828 e. The Balaban J connectivity index is 2.08. The van der Waals surface area contributed by atoms with Crippen molar-refractivity contribution in [3.05, 3.63) is 35.9 Å². The van der Waals surface area contributed by atoms with Crippen LogP contribution < -0.4 is 0 Å². The molecule has 1 aromatic carbocycles. The van der Waals surface area contributed by atoms with Crippen molar-refractivity contribution in [3.63, 3.8) is 0 Å². The lowest BCUT2D eigenvalue weighted by Crippen LogP contribution is -2.19. The van der Waals surface area contributed by atoms with Gasteiger partial charge in [0.05, 0.1) is 12.2 Å². The van der Waals surface area contributed by atoms with Crippen molar-refractivity contribution >= 4 is 0 Å². The van der Waals surface area contributed by atoms with Crippen molar-refractivity contribution in [2.75, 3.05) is 0 Å². The zero-order valence-corrected chi connectivity index (χ0v) is 8.07. The molecule has 0 bridgehead atoms. The van der Waals surface area contributed by atoms with Gasteiger partial charge >= 0.3 is 0 Å². The molecular formula is C12H16O. The average Bonchev–Trinajstić information content (AvgIpc) is 2.19. The molecule has 0 radical (unpaired) electrons. The second-order valence-corrected chi connectivity index (χ2v) is 3.78. The molecule has 1 aromatic rings. The van der Waals surface area contributed by atoms with Crippen LogP contribution in [0.5, 0.6) is 0 Å². The van der Waals surface area contributed by atoms with Gasteiger partial charge in [-0.1, -0.05) is 30.3 Å². The van der Waals surface area contributed by atoms with Crippen LogP contribution >= 0.6 is 0 Å². The fraction of sp³-hybridized carbons (Fsp3) is 0.500. The Morgan fingerprint density at radius 1 is 1.15 bits per heavy atom. The Labute approximate surface area is 79.7 Å². The minimum absolute atomic E-state index is 0.338. The number of hydrogen-bond acceptors (Lipinski definition) is 1. The highest BCUT2D eigenvalue weighted by Gasteiger charge is 2.19. The summed E-state index contributed by atoms with van der Waals surface area (Å²) < 4.78 is 5.87. The summed E-state index contributed by atoms with van der Waals surface area (Å²) in [6.07, 6.45) is 4.45. The second kappa shape index (κ2) is 3.93. The van der Waals surface area contributed by atoms with Crippen LogP contribution in [0.15, 0.2) is 30.3 Å². The SMILES string of the molecule is C[C@H]1CCC[C@H](c2ccccc2)O1. The molecule has 0 amide bonds. The highest BCUT2D eigenvalue weighted by molar-refractivity contribution is 5.17. The quantitative estimate of drug-likeness (QED) is 0.637. The first-order valence-corrected chi connectivity index (χ1v) is 5.06. The number of benzene rings is 1. The van der Waals surface area contributed by atoms with Crippen LogP contribution in [0, 0.1) is 0 Å². The zero-order chi connectivity index (χ0) is 9.10. The van der Waals surface area contributed by atoms with Gasteiger partial charge in [-0.2, -0.15) is 0 Å². The van der Waals surface area contributed by atoms with Crippen LogP contribution in [0.25, 0.3) is 0 Å². The van der Waals surface area contributed by atoms with Crippen LogP contribution in [-0.4, -0.2) is 6.10 Å². The third-order valence-electron chi connectivity index (χ3n) is 2.64. The molecule has 1 fully saturated rings. The Kier molecular flexibility index (Phi) is 2.65. The summed E-state index contributed by atoms with van der Waals surface area (Å²) in [6.45, 7) is 2.16. The molecule has 1 heterocycles. The van der Waals surface area contributed by atoms with E-state index >= 15 is 0 Å². The first-order valence-electron chi connectivity index (χ1n) is 5.06. The average molecular weight is 176 g/mol. The summed E-state index contributed by atoms with van der Waals surface area (Å²) in [5.74, 6) is 0. The summed E-state index contributed by atoms with van der Waals surface area (Å²) >= 11 is 0. The van der Waals surface area contributed by atoms with E-state index in [0.29, 0.717) is 12.2 Å². The Morgan fingerprint density at radius 2 is 1.92 bits per heavy atom. The van der Waals surface area contributed by atoms with E-state index in [1.54, 1.807) is 0 Å². The topological polar surface area (TPSA) is 9.23 Å². The van der Waals surface area contributed by atoms with Crippen LogP contribution in [0.4, 0.5) is 0 Å². The number of rotatable bonds is 1. The van der Waals surface area contributed by atoms with Crippen LogP contribution in [0.2, 0.25) is 0 Å². The van der Waals surface area contributed by atoms with Crippen molar-refractivity contribution in [1.29, 1.82) is 0 Å². The highest BCUT2D eigenvalue weighted by Crippen LogP contribution is 2.30. The predicted molar refractivity (Wildman–Crippen MR) is 53.6 cm³/mol. The van der Waals surface area contributed by atoms with E-state index in [4.69, 9.17) is 4.74 Å². The van der Waals surface area contributed by atoms with Crippen LogP contribution in [-0.2, 0) is 4.74 Å². The van der Waals surface area contributed by atoms with E-state index in [1.807, 2.05) is 0 Å². The maximum atomic E-state index is 5.87. The molecule has 0 saturated carbocycles. The summed E-state index contributed by atoms with van der Waals surface area (Å²) in [4.78, 5) is 0. The molecule has 0 N–H and O–H groups in total. The summed E-state index contributed by atoms with van der Waals surface area (Å²) in [5.41, 5.74) is 1.33. The maximum absolute atomic E-state index is 5.87. The molecule has 0 aliphatic carbocycles. The normalized spacial score (nSPS) is 28.7. The molecule has 1 nitrogen and oxygen atoms in total. The fourth-order valence-corrected chi connectivity index (χ4v) is 1.92. The molecule has 0 spiro atoms. The molecule has 1 saturated heterocycles. The van der Waals surface area contributed by atoms with Crippen molar-refractivity contribution < 1.29 is 4.74 Å². The zero-order valence-electron chi connectivity index (χ0n) is 8.07. The Hall–Kier alpha value is -0.820. The summed E-state index contributed by atoms with van der Waals surface area (Å²) in [5, 5.41) is 0. The maximum Gasteiger partial charge on any atom is 0.0828 e. The molecular weight excluding hydrogens is 160 g/mol. The molecule has 1 aliphatic rings. The van der Waals surface area contributed by atoms with Gasteiger partial charge in [0, 0.05) is 0 Å². The fourth-order valence-electron chi connectivity index (χ4n) is 1.92. The minimum atomic E-state index is 0.338. The third-order valence-corrected chi connectivity index (χ3v) is 2.64. The van der Waals surface area contributed by atoms with Crippen molar-refractivity contribution in [2.45, 2.75) is 38.4 Å². The largest absolute Gasteiger partial charge is 0.371 e. The van der Waals surface area contributed by atoms with Gasteiger partial charge in [0.25, 0.3) is 0 Å². The van der Waals surface area contributed by atoms with Gasteiger partial charge in [0.15, 0.2) is 0 Å². The molecule has 0 unspecified atom stereocenters. The van der Waals surface area contributed by atoms with Gasteiger partial charge in [-0.15, -0.1) is 0 Å². The van der Waals surface area contributed by atoms with E-state index in [9.17, 15) is 0 Å². The molecule has 2 rings (SSSR count). The Bertz CT molecular complexity index is 255. The first-order chi connectivity index (χ1) is 6.36. The lowest BCUT2D eigenvalue weighted by molar-refractivity contribution is -0.0414. The van der Waals surface area contributed by atoms with Crippen molar-refractivity contribution in [3.8, 4) is 0 Å². The van der Waals surface area contributed by atoms with Gasteiger partial charge < -0.3 is 4.74 Å².